The Kier molecular flexibility index (Phi) is 16.1. The van der Waals surface area contributed by atoms with Crippen molar-refractivity contribution in [1.29, 1.82) is 0 Å². The SMILES string of the molecule is CCCCCCCCCCCCCCSc1ccc([N+](=O)[O-])cc1N=C(N)CC(=O)OCC. The molecule has 0 aromatic heterocycles. The van der Waals surface area contributed by atoms with Gasteiger partial charge in [-0.25, -0.2) is 4.99 Å². The molecule has 0 radical (unpaired) electrons. The number of non-ortho nitro benzene ring substituents is 1. The molecule has 1 aromatic carbocycles. The summed E-state index contributed by atoms with van der Waals surface area (Å²) in [6.45, 7) is 4.24. The van der Waals surface area contributed by atoms with Crippen LogP contribution in [-0.2, 0) is 9.53 Å². The number of unbranched alkanes of at least 4 members (excludes halogenated alkanes) is 11. The number of hydrogen-bond donors (Lipinski definition) is 1. The predicted molar refractivity (Wildman–Crippen MR) is 137 cm³/mol. The van der Waals surface area contributed by atoms with Crippen LogP contribution in [0, 0.1) is 10.1 Å². The van der Waals surface area contributed by atoms with E-state index in [9.17, 15) is 14.9 Å². The third kappa shape index (κ3) is 13.9. The van der Waals surface area contributed by atoms with Gasteiger partial charge in [0.1, 0.15) is 12.3 Å². The zero-order valence-corrected chi connectivity index (χ0v) is 21.2. The highest BCUT2D eigenvalue weighted by Crippen LogP contribution is 2.34. The number of ether oxygens (including phenoxy) is 1. The van der Waals surface area contributed by atoms with Crippen LogP contribution < -0.4 is 5.73 Å². The summed E-state index contributed by atoms with van der Waals surface area (Å²) in [6.07, 6.45) is 15.5. The van der Waals surface area contributed by atoms with Crippen LogP contribution in [-0.4, -0.2) is 29.1 Å². The number of rotatable bonds is 19. The molecule has 0 aliphatic carbocycles. The lowest BCUT2D eigenvalue weighted by Crippen LogP contribution is -2.18. The maximum absolute atomic E-state index is 11.6. The molecule has 1 aromatic rings. The lowest BCUT2D eigenvalue weighted by molar-refractivity contribution is -0.384. The van der Waals surface area contributed by atoms with Gasteiger partial charge in [-0.05, 0) is 25.2 Å². The van der Waals surface area contributed by atoms with Gasteiger partial charge in [-0.2, -0.15) is 0 Å². The number of carbonyl (C=O) groups excluding carboxylic acids is 1. The number of nitrogens with two attached hydrogens (primary N) is 1. The van der Waals surface area contributed by atoms with Crippen molar-refractivity contribution in [3.63, 3.8) is 0 Å². The van der Waals surface area contributed by atoms with Gasteiger partial charge in [0.15, 0.2) is 0 Å². The van der Waals surface area contributed by atoms with Gasteiger partial charge in [-0.3, -0.25) is 14.9 Å². The maximum atomic E-state index is 11.6. The summed E-state index contributed by atoms with van der Waals surface area (Å²) in [5.74, 6) is 0.534. The molecule has 0 atom stereocenters. The second-order valence-electron chi connectivity index (χ2n) is 8.23. The van der Waals surface area contributed by atoms with Crippen LogP contribution in [0.3, 0.4) is 0 Å². The number of benzene rings is 1. The number of carbonyl (C=O) groups is 1. The van der Waals surface area contributed by atoms with Crippen LogP contribution in [0.25, 0.3) is 0 Å². The van der Waals surface area contributed by atoms with Gasteiger partial charge in [0.05, 0.1) is 17.2 Å². The molecule has 186 valence electrons. The Morgan fingerprint density at radius 1 is 1.00 bits per heavy atom. The number of nitrogens with zero attached hydrogens (tertiary/aromatic N) is 2. The van der Waals surface area contributed by atoms with Crippen molar-refractivity contribution in [1.82, 2.24) is 0 Å². The number of nitro groups is 1. The van der Waals surface area contributed by atoms with E-state index in [0.717, 1.165) is 17.1 Å². The van der Waals surface area contributed by atoms with Gasteiger partial charge in [-0.15, -0.1) is 11.8 Å². The number of aliphatic imine (C=N–C) groups is 1. The summed E-state index contributed by atoms with van der Waals surface area (Å²) in [4.78, 5) is 27.4. The van der Waals surface area contributed by atoms with Crippen LogP contribution in [0.4, 0.5) is 11.4 Å². The van der Waals surface area contributed by atoms with Crippen LogP contribution >= 0.6 is 11.8 Å². The molecule has 0 saturated heterocycles. The third-order valence-electron chi connectivity index (χ3n) is 5.30. The fraction of sp³-hybridized carbons (Fsp3) is 0.680. The van der Waals surface area contributed by atoms with E-state index in [-0.39, 0.29) is 24.6 Å². The Bertz CT molecular complexity index is 740. The van der Waals surface area contributed by atoms with Gasteiger partial charge < -0.3 is 10.5 Å². The summed E-state index contributed by atoms with van der Waals surface area (Å²) < 4.78 is 4.88. The number of amidine groups is 1. The van der Waals surface area contributed by atoms with E-state index >= 15 is 0 Å². The Labute approximate surface area is 203 Å². The van der Waals surface area contributed by atoms with Crippen molar-refractivity contribution in [3.05, 3.63) is 28.3 Å². The molecule has 2 N–H and O–H groups in total. The topological polar surface area (TPSA) is 108 Å². The van der Waals surface area contributed by atoms with Crippen molar-refractivity contribution >= 4 is 34.9 Å². The molecule has 33 heavy (non-hydrogen) atoms. The fourth-order valence-electron chi connectivity index (χ4n) is 3.51. The first-order valence-corrected chi connectivity index (χ1v) is 13.4. The second-order valence-corrected chi connectivity index (χ2v) is 9.37. The van der Waals surface area contributed by atoms with Crippen LogP contribution in [0.1, 0.15) is 97.3 Å². The monoisotopic (exact) mass is 479 g/mol. The summed E-state index contributed by atoms with van der Waals surface area (Å²) in [5, 5.41) is 11.1. The second kappa shape index (κ2) is 18.3. The van der Waals surface area contributed by atoms with Gasteiger partial charge in [0.2, 0.25) is 0 Å². The quantitative estimate of drug-likeness (QED) is 0.0423. The highest BCUT2D eigenvalue weighted by molar-refractivity contribution is 7.99. The molecule has 7 nitrogen and oxygen atoms in total. The molecule has 0 heterocycles. The Balaban J connectivity index is 2.39. The average molecular weight is 480 g/mol. The Hall–Kier alpha value is -2.09. The molecule has 0 bridgehead atoms. The molecule has 0 unspecified atom stereocenters. The first-order valence-electron chi connectivity index (χ1n) is 12.4. The minimum Gasteiger partial charge on any atom is -0.466 e. The van der Waals surface area contributed by atoms with E-state index in [2.05, 4.69) is 11.9 Å². The molecule has 0 saturated carbocycles. The van der Waals surface area contributed by atoms with E-state index in [1.54, 1.807) is 24.8 Å². The van der Waals surface area contributed by atoms with Crippen molar-refractivity contribution in [2.75, 3.05) is 12.4 Å². The molecular formula is C25H41N3O4S. The van der Waals surface area contributed by atoms with Crippen LogP contribution in [0.2, 0.25) is 0 Å². The molecule has 0 fully saturated rings. The van der Waals surface area contributed by atoms with E-state index < -0.39 is 10.9 Å². The zero-order valence-electron chi connectivity index (χ0n) is 20.4. The zero-order chi connectivity index (χ0) is 24.3. The van der Waals surface area contributed by atoms with E-state index in [1.165, 1.54) is 82.8 Å². The molecular weight excluding hydrogens is 438 g/mol. The highest BCUT2D eigenvalue weighted by Gasteiger charge is 2.13. The first kappa shape index (κ1) is 28.9. The van der Waals surface area contributed by atoms with Gasteiger partial charge >= 0.3 is 5.97 Å². The number of esters is 1. The summed E-state index contributed by atoms with van der Waals surface area (Å²) in [5.41, 5.74) is 6.25. The largest absolute Gasteiger partial charge is 0.466 e. The summed E-state index contributed by atoms with van der Waals surface area (Å²) >= 11 is 1.62. The smallest absolute Gasteiger partial charge is 0.313 e. The predicted octanol–water partition coefficient (Wildman–Crippen LogP) is 7.33. The van der Waals surface area contributed by atoms with Crippen LogP contribution in [0.5, 0.6) is 0 Å². The Morgan fingerprint density at radius 3 is 2.12 bits per heavy atom. The molecule has 8 heteroatoms. The average Bonchev–Trinajstić information content (AvgIpc) is 2.77. The molecule has 0 amide bonds. The lowest BCUT2D eigenvalue weighted by atomic mass is 10.1. The lowest BCUT2D eigenvalue weighted by Gasteiger charge is -2.08. The number of hydrogen-bond acceptors (Lipinski definition) is 6. The minimum atomic E-state index is -0.463. The maximum Gasteiger partial charge on any atom is 0.313 e. The van der Waals surface area contributed by atoms with Gasteiger partial charge in [0, 0.05) is 17.0 Å². The van der Waals surface area contributed by atoms with E-state index in [1.807, 2.05) is 0 Å². The molecule has 0 spiro atoms. The first-order chi connectivity index (χ1) is 16.0. The van der Waals surface area contributed by atoms with E-state index in [4.69, 9.17) is 10.5 Å². The van der Waals surface area contributed by atoms with Gasteiger partial charge in [-0.1, -0.05) is 77.6 Å². The van der Waals surface area contributed by atoms with Crippen molar-refractivity contribution in [2.24, 2.45) is 10.7 Å². The third-order valence-corrected chi connectivity index (χ3v) is 6.45. The summed E-state index contributed by atoms with van der Waals surface area (Å²) in [7, 11) is 0. The van der Waals surface area contributed by atoms with Crippen molar-refractivity contribution < 1.29 is 14.5 Å². The molecule has 1 rings (SSSR count). The normalized spacial score (nSPS) is 11.5. The van der Waals surface area contributed by atoms with Crippen molar-refractivity contribution in [2.45, 2.75) is 102 Å². The van der Waals surface area contributed by atoms with Crippen LogP contribution in [0.15, 0.2) is 28.1 Å². The fourth-order valence-corrected chi connectivity index (χ4v) is 4.49. The minimum absolute atomic E-state index is 0.0487. The standard InChI is InChI=1S/C25H41N3O4S/c1-3-5-6-7-8-9-10-11-12-13-14-15-18-33-23-17-16-21(28(30)31)19-22(23)27-24(26)20-25(29)32-4-2/h16-17,19H,3-15,18,20H2,1-2H3,(H2,26,27). The van der Waals surface area contributed by atoms with E-state index in [0.29, 0.717) is 5.69 Å². The summed E-state index contributed by atoms with van der Waals surface area (Å²) in [6, 6.07) is 4.59. The number of thioether (sulfide) groups is 1. The molecule has 0 aliphatic heterocycles. The van der Waals surface area contributed by atoms with Crippen molar-refractivity contribution in [3.8, 4) is 0 Å². The highest BCUT2D eigenvalue weighted by atomic mass is 32.2. The number of nitro benzene ring substituents is 1. The van der Waals surface area contributed by atoms with Gasteiger partial charge in [0.25, 0.3) is 5.69 Å². The molecule has 0 aliphatic rings. The Morgan fingerprint density at radius 2 is 1.58 bits per heavy atom.